The molecule has 5 nitrogen and oxygen atoms in total. The predicted octanol–water partition coefficient (Wildman–Crippen LogP) is 3.10. The van der Waals surface area contributed by atoms with E-state index >= 15 is 0 Å². The molecule has 0 spiro atoms. The van der Waals surface area contributed by atoms with Crippen molar-refractivity contribution in [1.82, 2.24) is 15.1 Å². The third-order valence-electron chi connectivity index (χ3n) is 5.01. The summed E-state index contributed by atoms with van der Waals surface area (Å²) in [7, 11) is 0. The Bertz CT molecular complexity index is 958. The molecule has 1 fully saturated rings. The summed E-state index contributed by atoms with van der Waals surface area (Å²) in [6.45, 7) is 0.494. The number of hydrogen-bond donors (Lipinski definition) is 1. The van der Waals surface area contributed by atoms with Crippen LogP contribution in [0.4, 0.5) is 0 Å². The lowest BCUT2D eigenvalue weighted by atomic mass is 9.96. The zero-order chi connectivity index (χ0) is 16.8. The fraction of sp³-hybridized carbons (Fsp3) is 0.300. The van der Waals surface area contributed by atoms with E-state index in [2.05, 4.69) is 28.6 Å². The normalized spacial score (nSPS) is 19.3. The van der Waals surface area contributed by atoms with Gasteiger partial charge in [0.25, 0.3) is 5.91 Å². The van der Waals surface area contributed by atoms with Gasteiger partial charge in [-0.2, -0.15) is 5.10 Å². The van der Waals surface area contributed by atoms with Crippen LogP contribution in [0, 0.1) is 0 Å². The number of fused-ring (bicyclic) bond motifs is 3. The SMILES string of the molecule is O=C(NC1COc2ccc3ccccc3c2C1)c1cnn(C2CC2)c1. The van der Waals surface area contributed by atoms with Gasteiger partial charge in [-0.3, -0.25) is 9.48 Å². The van der Waals surface area contributed by atoms with E-state index in [4.69, 9.17) is 4.74 Å². The van der Waals surface area contributed by atoms with Crippen molar-refractivity contribution in [2.75, 3.05) is 6.61 Å². The highest BCUT2D eigenvalue weighted by Gasteiger charge is 2.27. The molecule has 3 aromatic rings. The summed E-state index contributed by atoms with van der Waals surface area (Å²) in [5, 5.41) is 9.78. The Labute approximate surface area is 145 Å². The summed E-state index contributed by atoms with van der Waals surface area (Å²) in [5.74, 6) is 0.843. The lowest BCUT2D eigenvalue weighted by Crippen LogP contribution is -2.42. The van der Waals surface area contributed by atoms with Crippen molar-refractivity contribution >= 4 is 16.7 Å². The highest BCUT2D eigenvalue weighted by molar-refractivity contribution is 5.94. The first-order valence-corrected chi connectivity index (χ1v) is 8.76. The molecule has 2 heterocycles. The molecule has 1 aliphatic carbocycles. The van der Waals surface area contributed by atoms with Crippen LogP contribution in [-0.4, -0.2) is 28.3 Å². The van der Waals surface area contributed by atoms with Crippen LogP contribution in [0.5, 0.6) is 5.75 Å². The third-order valence-corrected chi connectivity index (χ3v) is 5.01. The van der Waals surface area contributed by atoms with Crippen LogP contribution >= 0.6 is 0 Å². The number of aromatic nitrogens is 2. The number of nitrogens with zero attached hydrogens (tertiary/aromatic N) is 2. The lowest BCUT2D eigenvalue weighted by Gasteiger charge is -2.27. The van der Waals surface area contributed by atoms with Crippen LogP contribution in [-0.2, 0) is 6.42 Å². The third kappa shape index (κ3) is 2.65. The van der Waals surface area contributed by atoms with Crippen molar-refractivity contribution in [3.8, 4) is 5.75 Å². The fourth-order valence-electron chi connectivity index (χ4n) is 3.51. The molecule has 0 radical (unpaired) electrons. The Kier molecular flexibility index (Phi) is 3.26. The molecule has 25 heavy (non-hydrogen) atoms. The minimum absolute atomic E-state index is 0.0323. The number of amides is 1. The van der Waals surface area contributed by atoms with Crippen molar-refractivity contribution in [2.24, 2.45) is 0 Å². The summed E-state index contributed by atoms with van der Waals surface area (Å²) in [6.07, 6.45) is 6.59. The average Bonchev–Trinajstić information content (AvgIpc) is 3.38. The first kappa shape index (κ1) is 14.5. The molecule has 1 amide bonds. The maximum Gasteiger partial charge on any atom is 0.254 e. The summed E-state index contributed by atoms with van der Waals surface area (Å²) in [6, 6.07) is 12.8. The van der Waals surface area contributed by atoms with E-state index in [1.807, 2.05) is 29.1 Å². The maximum absolute atomic E-state index is 12.5. The molecule has 0 bridgehead atoms. The van der Waals surface area contributed by atoms with Gasteiger partial charge in [0.1, 0.15) is 12.4 Å². The molecule has 2 aromatic carbocycles. The second-order valence-electron chi connectivity index (χ2n) is 6.89. The quantitative estimate of drug-likeness (QED) is 0.801. The molecule has 1 aromatic heterocycles. The molecule has 1 atom stereocenters. The van der Waals surface area contributed by atoms with Gasteiger partial charge in [0, 0.05) is 18.2 Å². The number of carbonyl (C=O) groups excluding carboxylic acids is 1. The first-order chi connectivity index (χ1) is 12.3. The number of nitrogens with one attached hydrogen (secondary N) is 1. The lowest BCUT2D eigenvalue weighted by molar-refractivity contribution is 0.0915. The zero-order valence-electron chi connectivity index (χ0n) is 13.8. The van der Waals surface area contributed by atoms with Gasteiger partial charge in [0.05, 0.1) is 23.8 Å². The first-order valence-electron chi connectivity index (χ1n) is 8.76. The topological polar surface area (TPSA) is 56.1 Å². The zero-order valence-corrected chi connectivity index (χ0v) is 13.8. The van der Waals surface area contributed by atoms with Crippen molar-refractivity contribution in [3.63, 3.8) is 0 Å². The van der Waals surface area contributed by atoms with Crippen LogP contribution in [0.1, 0.15) is 34.8 Å². The average molecular weight is 333 g/mol. The maximum atomic E-state index is 12.5. The molecule has 2 aliphatic rings. The van der Waals surface area contributed by atoms with Gasteiger partial charge >= 0.3 is 0 Å². The monoisotopic (exact) mass is 333 g/mol. The van der Waals surface area contributed by atoms with Crippen LogP contribution in [0.15, 0.2) is 48.8 Å². The fourth-order valence-corrected chi connectivity index (χ4v) is 3.51. The van der Waals surface area contributed by atoms with E-state index in [0.717, 1.165) is 25.0 Å². The van der Waals surface area contributed by atoms with Gasteiger partial charge in [-0.05, 0) is 29.7 Å². The van der Waals surface area contributed by atoms with E-state index in [1.54, 1.807) is 6.20 Å². The highest BCUT2D eigenvalue weighted by atomic mass is 16.5. The van der Waals surface area contributed by atoms with Crippen molar-refractivity contribution < 1.29 is 9.53 Å². The van der Waals surface area contributed by atoms with Crippen LogP contribution < -0.4 is 10.1 Å². The number of carbonyl (C=O) groups is 1. The van der Waals surface area contributed by atoms with Gasteiger partial charge in [-0.15, -0.1) is 0 Å². The van der Waals surface area contributed by atoms with Crippen LogP contribution in [0.3, 0.4) is 0 Å². The summed E-state index contributed by atoms with van der Waals surface area (Å²) < 4.78 is 7.80. The van der Waals surface area contributed by atoms with E-state index in [1.165, 1.54) is 16.3 Å². The smallest absolute Gasteiger partial charge is 0.254 e. The van der Waals surface area contributed by atoms with Gasteiger partial charge in [0.2, 0.25) is 0 Å². The Morgan fingerprint density at radius 3 is 2.96 bits per heavy atom. The molecule has 5 rings (SSSR count). The standard InChI is InChI=1S/C20H19N3O2/c24-20(14-10-21-23(11-14)16-6-7-16)22-15-9-18-17-4-2-1-3-13(17)5-8-19(18)25-12-15/h1-5,8,10-11,15-16H,6-7,9,12H2,(H,22,24). The summed E-state index contributed by atoms with van der Waals surface area (Å²) in [5.41, 5.74) is 1.79. The highest BCUT2D eigenvalue weighted by Crippen LogP contribution is 2.34. The largest absolute Gasteiger partial charge is 0.491 e. The molecule has 1 N–H and O–H groups in total. The Hall–Kier alpha value is -2.82. The Morgan fingerprint density at radius 2 is 2.08 bits per heavy atom. The predicted molar refractivity (Wildman–Crippen MR) is 94.9 cm³/mol. The van der Waals surface area contributed by atoms with Crippen LogP contribution in [0.25, 0.3) is 10.8 Å². The van der Waals surface area contributed by atoms with Gasteiger partial charge in [-0.25, -0.2) is 0 Å². The Balaban J connectivity index is 1.36. The number of hydrogen-bond acceptors (Lipinski definition) is 3. The molecule has 5 heteroatoms. The van der Waals surface area contributed by atoms with Gasteiger partial charge in [0.15, 0.2) is 0 Å². The Morgan fingerprint density at radius 1 is 1.20 bits per heavy atom. The molecule has 0 saturated heterocycles. The minimum Gasteiger partial charge on any atom is -0.491 e. The molecule has 1 unspecified atom stereocenters. The summed E-state index contributed by atoms with van der Waals surface area (Å²) in [4.78, 5) is 12.5. The van der Waals surface area contributed by atoms with Crippen molar-refractivity contribution in [1.29, 1.82) is 0 Å². The molecular weight excluding hydrogens is 314 g/mol. The molecule has 126 valence electrons. The van der Waals surface area contributed by atoms with E-state index < -0.39 is 0 Å². The molecule has 1 aliphatic heterocycles. The molecule has 1 saturated carbocycles. The second-order valence-corrected chi connectivity index (χ2v) is 6.89. The summed E-state index contributed by atoms with van der Waals surface area (Å²) >= 11 is 0. The van der Waals surface area contributed by atoms with E-state index in [9.17, 15) is 4.79 Å². The number of rotatable bonds is 3. The molecular formula is C20H19N3O2. The number of benzene rings is 2. The number of ether oxygens (including phenoxy) is 1. The van der Waals surface area contributed by atoms with Crippen molar-refractivity contribution in [3.05, 3.63) is 59.9 Å². The second kappa shape index (κ2) is 5.62. The van der Waals surface area contributed by atoms with Crippen LogP contribution in [0.2, 0.25) is 0 Å². The van der Waals surface area contributed by atoms with Gasteiger partial charge < -0.3 is 10.1 Å². The van der Waals surface area contributed by atoms with Gasteiger partial charge in [-0.1, -0.05) is 30.3 Å². The minimum atomic E-state index is -0.0795. The van der Waals surface area contributed by atoms with E-state index in [-0.39, 0.29) is 11.9 Å². The van der Waals surface area contributed by atoms with E-state index in [0.29, 0.717) is 18.2 Å². The van der Waals surface area contributed by atoms with Crippen molar-refractivity contribution in [2.45, 2.75) is 31.3 Å².